The molecule has 13 heteroatoms. The Hall–Kier alpha value is -2.87. The Labute approximate surface area is 220 Å². The lowest BCUT2D eigenvalue weighted by atomic mass is 10.0. The van der Waals surface area contributed by atoms with Gasteiger partial charge in [-0.05, 0) is 62.4 Å². The summed E-state index contributed by atoms with van der Waals surface area (Å²) < 4.78 is 0. The first-order valence-corrected chi connectivity index (χ1v) is 13.4. The zero-order valence-electron chi connectivity index (χ0n) is 21.2. The first-order valence-electron chi connectivity index (χ1n) is 12.0. The van der Waals surface area contributed by atoms with Gasteiger partial charge in [-0.1, -0.05) is 18.6 Å². The largest absolute Gasteiger partial charge is 0.508 e. The van der Waals surface area contributed by atoms with Gasteiger partial charge in [-0.25, -0.2) is 4.79 Å². The molecule has 0 saturated carbocycles. The van der Waals surface area contributed by atoms with E-state index in [2.05, 4.69) is 16.0 Å². The summed E-state index contributed by atoms with van der Waals surface area (Å²) in [6, 6.07) is 1.15. The molecule has 37 heavy (non-hydrogen) atoms. The van der Waals surface area contributed by atoms with Crippen LogP contribution in [0.2, 0.25) is 0 Å². The first kappa shape index (κ1) is 32.2. The molecule has 0 aliphatic rings. The van der Waals surface area contributed by atoms with Crippen molar-refractivity contribution in [1.29, 1.82) is 0 Å². The standard InChI is InChI=1S/C24H39N5O7S/c1-14(30)20(23(34)28-19(24(35)36)13-15-6-8-16(31)9-7-15)29-22(33)18(10-12-37-2)27-21(32)17(26)5-3-4-11-25/h6-9,14,17-20,30-31H,3-5,10-13,25-26H2,1-2H3,(H,27,32)(H,28,34)(H,29,33)(H,35,36). The van der Waals surface area contributed by atoms with Crippen LogP contribution in [0.3, 0.4) is 0 Å². The monoisotopic (exact) mass is 541 g/mol. The van der Waals surface area contributed by atoms with Gasteiger partial charge >= 0.3 is 5.97 Å². The highest BCUT2D eigenvalue weighted by Crippen LogP contribution is 2.12. The average Bonchev–Trinajstić information content (AvgIpc) is 2.85. The van der Waals surface area contributed by atoms with Gasteiger partial charge in [0.2, 0.25) is 17.7 Å². The number of rotatable bonds is 17. The number of thioether (sulfide) groups is 1. The van der Waals surface area contributed by atoms with E-state index in [4.69, 9.17) is 11.5 Å². The van der Waals surface area contributed by atoms with E-state index in [0.717, 1.165) is 0 Å². The zero-order valence-corrected chi connectivity index (χ0v) is 22.0. The number of hydrogen-bond donors (Lipinski definition) is 8. The summed E-state index contributed by atoms with van der Waals surface area (Å²) >= 11 is 1.46. The lowest BCUT2D eigenvalue weighted by molar-refractivity contribution is -0.143. The second kappa shape index (κ2) is 16.8. The summed E-state index contributed by atoms with van der Waals surface area (Å²) in [6.07, 6.45) is 2.41. The van der Waals surface area contributed by atoms with Gasteiger partial charge < -0.3 is 42.7 Å². The van der Waals surface area contributed by atoms with E-state index in [-0.39, 0.29) is 18.6 Å². The number of aliphatic hydroxyl groups is 1. The van der Waals surface area contributed by atoms with Crippen LogP contribution >= 0.6 is 11.8 Å². The Balaban J connectivity index is 2.91. The molecule has 3 amide bonds. The van der Waals surface area contributed by atoms with E-state index >= 15 is 0 Å². The van der Waals surface area contributed by atoms with Crippen LogP contribution in [0.15, 0.2) is 24.3 Å². The molecule has 0 aromatic heterocycles. The van der Waals surface area contributed by atoms with Crippen molar-refractivity contribution in [3.05, 3.63) is 29.8 Å². The summed E-state index contributed by atoms with van der Waals surface area (Å²) in [5.41, 5.74) is 11.9. The fourth-order valence-corrected chi connectivity index (χ4v) is 3.88. The third-order valence-electron chi connectivity index (χ3n) is 5.60. The van der Waals surface area contributed by atoms with Crippen molar-refractivity contribution in [3.8, 4) is 5.75 Å². The third-order valence-corrected chi connectivity index (χ3v) is 6.25. The zero-order chi connectivity index (χ0) is 28.0. The fraction of sp³-hybridized carbons (Fsp3) is 0.583. The summed E-state index contributed by atoms with van der Waals surface area (Å²) in [5, 5.41) is 36.5. The molecule has 0 saturated heterocycles. The maximum atomic E-state index is 13.0. The van der Waals surface area contributed by atoms with E-state index in [9.17, 15) is 34.5 Å². The molecule has 0 aliphatic heterocycles. The number of aromatic hydroxyl groups is 1. The molecule has 0 heterocycles. The Morgan fingerprint density at radius 1 is 0.946 bits per heavy atom. The summed E-state index contributed by atoms with van der Waals surface area (Å²) in [5.74, 6) is -2.90. The van der Waals surface area contributed by atoms with Gasteiger partial charge in [0.15, 0.2) is 0 Å². The Morgan fingerprint density at radius 3 is 2.11 bits per heavy atom. The highest BCUT2D eigenvalue weighted by molar-refractivity contribution is 7.98. The normalized spacial score (nSPS) is 15.1. The SMILES string of the molecule is CSCCC(NC(=O)C(N)CCCCN)C(=O)NC(C(=O)NC(Cc1ccc(O)cc1)C(=O)O)C(C)O. The van der Waals surface area contributed by atoms with Crippen LogP contribution in [0.25, 0.3) is 0 Å². The number of hydrogen-bond acceptors (Lipinski definition) is 9. The van der Waals surface area contributed by atoms with Crippen LogP contribution < -0.4 is 27.4 Å². The van der Waals surface area contributed by atoms with Gasteiger partial charge in [0.05, 0.1) is 12.1 Å². The van der Waals surface area contributed by atoms with Crippen LogP contribution in [0, 0.1) is 0 Å². The van der Waals surface area contributed by atoms with E-state index < -0.39 is 54.0 Å². The van der Waals surface area contributed by atoms with Crippen molar-refractivity contribution in [3.63, 3.8) is 0 Å². The van der Waals surface area contributed by atoms with Gasteiger partial charge in [0, 0.05) is 6.42 Å². The number of nitrogens with one attached hydrogen (secondary N) is 3. The minimum atomic E-state index is -1.47. The topological polar surface area (TPSA) is 217 Å². The minimum absolute atomic E-state index is 0.0103. The lowest BCUT2D eigenvalue weighted by Gasteiger charge is -2.26. The number of carboxylic acid groups (broad SMARTS) is 1. The molecular formula is C24H39N5O7S. The Bertz CT molecular complexity index is 885. The number of phenolic OH excluding ortho intramolecular Hbond substituents is 1. The van der Waals surface area contributed by atoms with E-state index in [0.29, 0.717) is 37.1 Å². The van der Waals surface area contributed by atoms with Crippen molar-refractivity contribution >= 4 is 35.5 Å². The van der Waals surface area contributed by atoms with E-state index in [1.807, 2.05) is 6.26 Å². The predicted octanol–water partition coefficient (Wildman–Crippen LogP) is -0.936. The van der Waals surface area contributed by atoms with Gasteiger partial charge in [0.25, 0.3) is 0 Å². The number of amides is 3. The molecule has 10 N–H and O–H groups in total. The van der Waals surface area contributed by atoms with Crippen LogP contribution in [-0.2, 0) is 25.6 Å². The van der Waals surface area contributed by atoms with Crippen molar-refractivity contribution in [2.75, 3.05) is 18.6 Å². The predicted molar refractivity (Wildman–Crippen MR) is 141 cm³/mol. The molecule has 0 aliphatic carbocycles. The quantitative estimate of drug-likeness (QED) is 0.113. The number of carboxylic acids is 1. The Morgan fingerprint density at radius 2 is 1.57 bits per heavy atom. The minimum Gasteiger partial charge on any atom is -0.508 e. The van der Waals surface area contributed by atoms with Crippen molar-refractivity contribution in [1.82, 2.24) is 16.0 Å². The number of nitrogens with two attached hydrogens (primary N) is 2. The fourth-order valence-electron chi connectivity index (χ4n) is 3.41. The van der Waals surface area contributed by atoms with E-state index in [1.54, 1.807) is 0 Å². The van der Waals surface area contributed by atoms with Gasteiger partial charge in [-0.2, -0.15) is 11.8 Å². The van der Waals surface area contributed by atoms with Crippen molar-refractivity contribution in [2.24, 2.45) is 11.5 Å². The van der Waals surface area contributed by atoms with Crippen molar-refractivity contribution < 1.29 is 34.5 Å². The summed E-state index contributed by atoms with van der Waals surface area (Å²) in [4.78, 5) is 50.2. The molecule has 0 fully saturated rings. The maximum absolute atomic E-state index is 13.0. The Kier molecular flexibility index (Phi) is 14.6. The van der Waals surface area contributed by atoms with Crippen LogP contribution in [0.4, 0.5) is 0 Å². The lowest BCUT2D eigenvalue weighted by Crippen LogP contribution is -2.60. The smallest absolute Gasteiger partial charge is 0.326 e. The molecule has 1 aromatic rings. The van der Waals surface area contributed by atoms with Gasteiger partial charge in [-0.15, -0.1) is 0 Å². The summed E-state index contributed by atoms with van der Waals surface area (Å²) in [7, 11) is 0. The molecule has 208 valence electrons. The molecule has 0 bridgehead atoms. The van der Waals surface area contributed by atoms with Crippen LogP contribution in [0.1, 0.15) is 38.2 Å². The van der Waals surface area contributed by atoms with Gasteiger partial charge in [0.1, 0.15) is 23.9 Å². The molecule has 12 nitrogen and oxygen atoms in total. The molecule has 1 aromatic carbocycles. The highest BCUT2D eigenvalue weighted by Gasteiger charge is 2.32. The number of phenols is 1. The molecule has 5 atom stereocenters. The first-order chi connectivity index (χ1) is 17.5. The number of unbranched alkanes of at least 4 members (excludes halogenated alkanes) is 1. The molecule has 0 radical (unpaired) electrons. The summed E-state index contributed by atoms with van der Waals surface area (Å²) in [6.45, 7) is 1.76. The number of benzene rings is 1. The average molecular weight is 542 g/mol. The van der Waals surface area contributed by atoms with E-state index in [1.165, 1.54) is 43.0 Å². The van der Waals surface area contributed by atoms with Crippen molar-refractivity contribution in [2.45, 2.75) is 69.3 Å². The number of aliphatic carboxylic acids is 1. The molecule has 5 unspecified atom stereocenters. The molecular weight excluding hydrogens is 502 g/mol. The van der Waals surface area contributed by atoms with Crippen LogP contribution in [-0.4, -0.2) is 87.8 Å². The second-order valence-electron chi connectivity index (χ2n) is 8.73. The second-order valence-corrected chi connectivity index (χ2v) is 9.72. The number of carbonyl (C=O) groups excluding carboxylic acids is 3. The third kappa shape index (κ3) is 11.8. The number of carbonyl (C=O) groups is 4. The van der Waals surface area contributed by atoms with Gasteiger partial charge in [-0.3, -0.25) is 14.4 Å². The molecule has 0 spiro atoms. The number of aliphatic hydroxyl groups excluding tert-OH is 1. The molecule has 1 rings (SSSR count). The van der Waals surface area contributed by atoms with Crippen LogP contribution in [0.5, 0.6) is 5.75 Å². The maximum Gasteiger partial charge on any atom is 0.326 e. The highest BCUT2D eigenvalue weighted by atomic mass is 32.2.